The first-order chi connectivity index (χ1) is 11.3. The molecule has 0 amide bonds. The third-order valence-electron chi connectivity index (χ3n) is 4.52. The summed E-state index contributed by atoms with van der Waals surface area (Å²) < 4.78 is 0. The number of hydrogen-bond donors (Lipinski definition) is 1. The second kappa shape index (κ2) is 19.1. The van der Waals surface area contributed by atoms with Crippen LogP contribution in [0.3, 0.4) is 0 Å². The Morgan fingerprint density at radius 1 is 0.739 bits per heavy atom. The molecule has 0 rings (SSSR count). The minimum Gasteiger partial charge on any atom is -0.378 e. The van der Waals surface area contributed by atoms with Gasteiger partial charge in [0.25, 0.3) is 0 Å². The average Bonchev–Trinajstić information content (AvgIpc) is 2.56. The number of hydrogen-bond acceptors (Lipinski definition) is 1. The minimum absolute atomic E-state index is 0.609. The molecule has 1 heteroatoms. The molecule has 0 heterocycles. The van der Waals surface area contributed by atoms with Crippen LogP contribution in [0.4, 0.5) is 0 Å². The third-order valence-corrected chi connectivity index (χ3v) is 4.52. The van der Waals surface area contributed by atoms with Crippen LogP contribution in [0, 0.1) is 12.3 Å². The average molecular weight is 320 g/mol. The predicted molar refractivity (Wildman–Crippen MR) is 106 cm³/mol. The molecular weight excluding hydrogens is 278 g/mol. The van der Waals surface area contributed by atoms with Crippen LogP contribution in [0.25, 0.3) is 0 Å². The van der Waals surface area contributed by atoms with Crippen molar-refractivity contribution in [3.05, 3.63) is 12.3 Å². The van der Waals surface area contributed by atoms with Gasteiger partial charge in [0.05, 0.1) is 6.54 Å². The topological polar surface area (TPSA) is 12.0 Å². The smallest absolute Gasteiger partial charge is 0.0760 e. The Morgan fingerprint density at radius 3 is 1.52 bits per heavy atom. The highest BCUT2D eigenvalue weighted by Gasteiger charge is 1.95. The number of unbranched alkanes of at least 4 members (excludes halogenated alkanes) is 14. The molecule has 0 saturated heterocycles. The fraction of sp³-hybridized carbons (Fsp3) is 0.818. The summed E-state index contributed by atoms with van der Waals surface area (Å²) in [4.78, 5) is 0. The van der Waals surface area contributed by atoms with E-state index in [4.69, 9.17) is 6.42 Å². The van der Waals surface area contributed by atoms with Crippen molar-refractivity contribution in [2.75, 3.05) is 6.54 Å². The standard InChI is InChI=1S/C22H41N/c1-4-6-7-8-9-10-11-12-13-14-15-16-17-18-19-20-22(3)23-21-5-2/h2,23H,3-4,6-21H2,1H3. The van der Waals surface area contributed by atoms with E-state index in [2.05, 4.69) is 24.7 Å². The molecular formula is C22H41N. The van der Waals surface area contributed by atoms with Gasteiger partial charge in [-0.05, 0) is 12.8 Å². The second-order valence-corrected chi connectivity index (χ2v) is 6.86. The first kappa shape index (κ1) is 22.1. The monoisotopic (exact) mass is 319 g/mol. The van der Waals surface area contributed by atoms with Gasteiger partial charge in [-0.1, -0.05) is 109 Å². The van der Waals surface area contributed by atoms with Gasteiger partial charge in [-0.2, -0.15) is 0 Å². The summed E-state index contributed by atoms with van der Waals surface area (Å²) in [5.41, 5.74) is 1.10. The Morgan fingerprint density at radius 2 is 1.13 bits per heavy atom. The van der Waals surface area contributed by atoms with Crippen molar-refractivity contribution in [2.45, 2.75) is 110 Å². The molecule has 0 aromatic rings. The first-order valence-corrected chi connectivity index (χ1v) is 10.2. The molecule has 1 nitrogen and oxygen atoms in total. The summed E-state index contributed by atoms with van der Waals surface area (Å²) in [6.07, 6.45) is 27.5. The van der Waals surface area contributed by atoms with E-state index >= 15 is 0 Å². The molecule has 1 N–H and O–H groups in total. The van der Waals surface area contributed by atoms with Crippen LogP contribution in [-0.2, 0) is 0 Å². The van der Waals surface area contributed by atoms with E-state index in [0.717, 1.165) is 12.1 Å². The van der Waals surface area contributed by atoms with E-state index in [1.54, 1.807) is 0 Å². The van der Waals surface area contributed by atoms with Crippen LogP contribution < -0.4 is 5.32 Å². The lowest BCUT2D eigenvalue weighted by Crippen LogP contribution is -2.11. The number of nitrogens with one attached hydrogen (secondary N) is 1. The zero-order valence-electron chi connectivity index (χ0n) is 15.8. The Hall–Kier alpha value is -0.900. The van der Waals surface area contributed by atoms with Crippen molar-refractivity contribution in [3.63, 3.8) is 0 Å². The zero-order chi connectivity index (χ0) is 17.0. The molecule has 0 aromatic heterocycles. The van der Waals surface area contributed by atoms with Crippen molar-refractivity contribution in [3.8, 4) is 12.3 Å². The van der Waals surface area contributed by atoms with Gasteiger partial charge in [0, 0.05) is 5.70 Å². The lowest BCUT2D eigenvalue weighted by atomic mass is 10.0. The second-order valence-electron chi connectivity index (χ2n) is 6.86. The summed E-state index contributed by atoms with van der Waals surface area (Å²) in [6, 6.07) is 0. The van der Waals surface area contributed by atoms with Crippen LogP contribution in [0.5, 0.6) is 0 Å². The highest BCUT2D eigenvalue weighted by Crippen LogP contribution is 2.14. The Kier molecular flexibility index (Phi) is 18.4. The fourth-order valence-corrected chi connectivity index (χ4v) is 2.97. The molecule has 0 unspecified atom stereocenters. The fourth-order valence-electron chi connectivity index (χ4n) is 2.97. The van der Waals surface area contributed by atoms with Crippen LogP contribution in [0.15, 0.2) is 12.3 Å². The molecule has 0 fully saturated rings. The lowest BCUT2D eigenvalue weighted by molar-refractivity contribution is 0.531. The lowest BCUT2D eigenvalue weighted by Gasteiger charge is -2.06. The molecule has 23 heavy (non-hydrogen) atoms. The number of rotatable bonds is 18. The van der Waals surface area contributed by atoms with Crippen molar-refractivity contribution in [2.24, 2.45) is 0 Å². The molecule has 0 aliphatic heterocycles. The van der Waals surface area contributed by atoms with Crippen LogP contribution in [-0.4, -0.2) is 6.54 Å². The minimum atomic E-state index is 0.609. The molecule has 134 valence electrons. The van der Waals surface area contributed by atoms with E-state index in [0.29, 0.717) is 6.54 Å². The number of terminal acetylenes is 1. The molecule has 0 aliphatic carbocycles. The van der Waals surface area contributed by atoms with Gasteiger partial charge in [0.2, 0.25) is 0 Å². The van der Waals surface area contributed by atoms with Crippen molar-refractivity contribution < 1.29 is 0 Å². The van der Waals surface area contributed by atoms with E-state index in [9.17, 15) is 0 Å². The Bertz CT molecular complexity index is 287. The maximum absolute atomic E-state index is 5.21. The molecule has 0 radical (unpaired) electrons. The predicted octanol–water partition coefficient (Wildman–Crippen LogP) is 6.98. The SMILES string of the molecule is C#CCNC(=C)CCCCCCCCCCCCCCCCC. The van der Waals surface area contributed by atoms with Gasteiger partial charge in [-0.15, -0.1) is 6.42 Å². The van der Waals surface area contributed by atoms with E-state index < -0.39 is 0 Å². The highest BCUT2D eigenvalue weighted by molar-refractivity contribution is 4.97. The van der Waals surface area contributed by atoms with Crippen molar-refractivity contribution in [1.29, 1.82) is 0 Å². The van der Waals surface area contributed by atoms with Gasteiger partial charge in [-0.25, -0.2) is 0 Å². The van der Waals surface area contributed by atoms with Gasteiger partial charge in [0.1, 0.15) is 0 Å². The Labute approximate surface area is 146 Å². The summed E-state index contributed by atoms with van der Waals surface area (Å²) in [5, 5.41) is 3.15. The van der Waals surface area contributed by atoms with E-state index in [-0.39, 0.29) is 0 Å². The maximum atomic E-state index is 5.21. The molecule has 0 saturated carbocycles. The largest absolute Gasteiger partial charge is 0.378 e. The van der Waals surface area contributed by atoms with Crippen molar-refractivity contribution in [1.82, 2.24) is 5.32 Å². The first-order valence-electron chi connectivity index (χ1n) is 10.2. The van der Waals surface area contributed by atoms with Crippen LogP contribution >= 0.6 is 0 Å². The van der Waals surface area contributed by atoms with E-state index in [1.807, 2.05) is 0 Å². The van der Waals surface area contributed by atoms with Crippen LogP contribution in [0.2, 0.25) is 0 Å². The van der Waals surface area contributed by atoms with Gasteiger partial charge >= 0.3 is 0 Å². The summed E-state index contributed by atoms with van der Waals surface area (Å²) >= 11 is 0. The van der Waals surface area contributed by atoms with Gasteiger partial charge in [-0.3, -0.25) is 0 Å². The summed E-state index contributed by atoms with van der Waals surface area (Å²) in [5.74, 6) is 2.58. The summed E-state index contributed by atoms with van der Waals surface area (Å²) in [7, 11) is 0. The normalized spacial score (nSPS) is 10.4. The summed E-state index contributed by atoms with van der Waals surface area (Å²) in [6.45, 7) is 6.88. The maximum Gasteiger partial charge on any atom is 0.0760 e. The molecule has 0 aromatic carbocycles. The highest BCUT2D eigenvalue weighted by atomic mass is 14.9. The molecule has 0 bridgehead atoms. The van der Waals surface area contributed by atoms with Gasteiger partial charge in [0.15, 0.2) is 0 Å². The quantitative estimate of drug-likeness (QED) is 0.212. The Balaban J connectivity index is 3.05. The van der Waals surface area contributed by atoms with Crippen molar-refractivity contribution >= 4 is 0 Å². The van der Waals surface area contributed by atoms with Crippen LogP contribution in [0.1, 0.15) is 110 Å². The third kappa shape index (κ3) is 19.1. The molecule has 0 aliphatic rings. The molecule has 0 atom stereocenters. The number of allylic oxidation sites excluding steroid dienone is 1. The zero-order valence-corrected chi connectivity index (χ0v) is 15.8. The van der Waals surface area contributed by atoms with Gasteiger partial charge < -0.3 is 5.32 Å². The molecule has 0 spiro atoms. The van der Waals surface area contributed by atoms with E-state index in [1.165, 1.54) is 96.3 Å².